The molecule has 1 fully saturated rings. The molecule has 0 bridgehead atoms. The number of amidine groups is 1. The smallest absolute Gasteiger partial charge is 0.337 e. The van der Waals surface area contributed by atoms with Crippen LogP contribution in [0.3, 0.4) is 0 Å². The Labute approximate surface area is 177 Å². The van der Waals surface area contributed by atoms with Crippen molar-refractivity contribution in [1.29, 1.82) is 5.41 Å². The van der Waals surface area contributed by atoms with Crippen LogP contribution in [-0.4, -0.2) is 35.6 Å². The summed E-state index contributed by atoms with van der Waals surface area (Å²) in [5.41, 5.74) is 2.39. The van der Waals surface area contributed by atoms with Gasteiger partial charge in [0.1, 0.15) is 9.93 Å². The minimum atomic E-state index is -0.401. The largest absolute Gasteiger partial charge is 0.465 e. The molecule has 4 rings (SSSR count). The zero-order chi connectivity index (χ0) is 20.5. The lowest BCUT2D eigenvalue weighted by Crippen LogP contribution is -2.29. The Morgan fingerprint density at radius 1 is 1.07 bits per heavy atom. The molecule has 1 saturated heterocycles. The molecule has 29 heavy (non-hydrogen) atoms. The lowest BCUT2D eigenvalue weighted by Gasteiger charge is -2.19. The number of carbonyl (C=O) groups is 2. The lowest BCUT2D eigenvalue weighted by molar-refractivity contribution is -0.122. The third kappa shape index (κ3) is 3.54. The van der Waals surface area contributed by atoms with Crippen molar-refractivity contribution in [2.45, 2.75) is 18.4 Å². The summed E-state index contributed by atoms with van der Waals surface area (Å²) in [5.74, 6) is -0.563. The summed E-state index contributed by atoms with van der Waals surface area (Å²) in [7, 11) is 1.34. The molecule has 0 atom stereocenters. The van der Waals surface area contributed by atoms with Crippen LogP contribution in [0.5, 0.6) is 0 Å². The fourth-order valence-corrected chi connectivity index (χ4v) is 5.50. The molecule has 8 heteroatoms. The number of ether oxygens (including phenoxy) is 1. The molecule has 2 heterocycles. The van der Waals surface area contributed by atoms with Crippen LogP contribution in [0.2, 0.25) is 0 Å². The van der Waals surface area contributed by atoms with Gasteiger partial charge in [0.25, 0.3) is 5.91 Å². The first kappa shape index (κ1) is 19.6. The van der Waals surface area contributed by atoms with E-state index < -0.39 is 5.97 Å². The minimum absolute atomic E-state index is 0.161. The number of anilines is 1. The minimum Gasteiger partial charge on any atom is -0.465 e. The Hall–Kier alpha value is -2.71. The molecular weight excluding hydrogens is 406 g/mol. The molecule has 1 amide bonds. The van der Waals surface area contributed by atoms with Gasteiger partial charge >= 0.3 is 5.97 Å². The van der Waals surface area contributed by atoms with Crippen LogP contribution < -0.4 is 4.90 Å². The van der Waals surface area contributed by atoms with E-state index in [4.69, 9.17) is 10.1 Å². The predicted octanol–water partition coefficient (Wildman–Crippen LogP) is 4.28. The van der Waals surface area contributed by atoms with E-state index >= 15 is 0 Å². The molecule has 1 N–H and O–H groups in total. The van der Waals surface area contributed by atoms with Gasteiger partial charge < -0.3 is 9.64 Å². The normalized spacial score (nSPS) is 18.4. The number of carbonyl (C=O) groups excluding carboxylic acids is 2. The molecule has 6 nitrogen and oxygen atoms in total. The van der Waals surface area contributed by atoms with Crippen molar-refractivity contribution in [3.63, 3.8) is 0 Å². The third-order valence-corrected chi connectivity index (χ3v) is 7.02. The number of fused-ring (bicyclic) bond motifs is 1. The maximum atomic E-state index is 13.1. The van der Waals surface area contributed by atoms with E-state index in [9.17, 15) is 9.59 Å². The Morgan fingerprint density at radius 2 is 1.79 bits per heavy atom. The first-order chi connectivity index (χ1) is 14.0. The van der Waals surface area contributed by atoms with Crippen molar-refractivity contribution in [2.24, 2.45) is 0 Å². The first-order valence-corrected chi connectivity index (χ1v) is 10.7. The highest BCUT2D eigenvalue weighted by Crippen LogP contribution is 2.50. The molecule has 0 aliphatic carbocycles. The molecule has 0 spiro atoms. The van der Waals surface area contributed by atoms with Crippen LogP contribution in [-0.2, 0) is 16.1 Å². The molecule has 2 aromatic rings. The van der Waals surface area contributed by atoms with Crippen molar-refractivity contribution < 1.29 is 14.3 Å². The van der Waals surface area contributed by atoms with Crippen LogP contribution in [0, 0.1) is 5.41 Å². The maximum Gasteiger partial charge on any atom is 0.337 e. The average Bonchev–Trinajstić information content (AvgIpc) is 3.25. The van der Waals surface area contributed by atoms with E-state index in [0.717, 1.165) is 27.7 Å². The van der Waals surface area contributed by atoms with Gasteiger partial charge in [-0.15, -0.1) is 0 Å². The van der Waals surface area contributed by atoms with E-state index in [1.54, 1.807) is 36.0 Å². The standard InChI is InChI=1S/C21H19N3O3S2/c1-3-23-15-6-4-5-7-16(15)28-19(23)17-18(25)24(21(22)29-17)12-13-8-10-14(11-9-13)20(26)27-2/h4-11,22H,3,12H2,1-2H3/b19-17-,22-21?. The van der Waals surface area contributed by atoms with E-state index in [1.807, 2.05) is 18.2 Å². The van der Waals surface area contributed by atoms with Crippen molar-refractivity contribution in [3.8, 4) is 0 Å². The first-order valence-electron chi connectivity index (χ1n) is 9.07. The van der Waals surface area contributed by atoms with E-state index in [2.05, 4.69) is 17.9 Å². The summed E-state index contributed by atoms with van der Waals surface area (Å²) in [6.07, 6.45) is 0. The van der Waals surface area contributed by atoms with E-state index in [-0.39, 0.29) is 17.6 Å². The second-order valence-corrected chi connectivity index (χ2v) is 8.47. The highest BCUT2D eigenvalue weighted by atomic mass is 32.2. The van der Waals surface area contributed by atoms with Crippen LogP contribution in [0.1, 0.15) is 22.8 Å². The Bertz CT molecular complexity index is 1030. The second kappa shape index (κ2) is 7.96. The summed E-state index contributed by atoms with van der Waals surface area (Å²) < 4.78 is 4.71. The third-order valence-electron chi connectivity index (χ3n) is 4.72. The molecule has 2 aliphatic rings. The van der Waals surface area contributed by atoms with Gasteiger partial charge in [0.05, 0.1) is 24.9 Å². The maximum absolute atomic E-state index is 13.1. The highest BCUT2D eigenvalue weighted by Gasteiger charge is 2.38. The van der Waals surface area contributed by atoms with Crippen LogP contribution in [0.15, 0.2) is 63.4 Å². The molecule has 0 unspecified atom stereocenters. The highest BCUT2D eigenvalue weighted by molar-refractivity contribution is 8.19. The molecular formula is C21H19N3O3S2. The van der Waals surface area contributed by atoms with Crippen molar-refractivity contribution in [2.75, 3.05) is 18.6 Å². The molecule has 0 radical (unpaired) electrons. The average molecular weight is 426 g/mol. The van der Waals surface area contributed by atoms with Crippen molar-refractivity contribution in [3.05, 3.63) is 69.6 Å². The number of benzene rings is 2. The Morgan fingerprint density at radius 3 is 2.48 bits per heavy atom. The number of nitrogens with one attached hydrogen (secondary N) is 1. The van der Waals surface area contributed by atoms with Gasteiger partial charge in [-0.25, -0.2) is 4.79 Å². The summed E-state index contributed by atoms with van der Waals surface area (Å²) in [6.45, 7) is 3.09. The molecule has 0 aromatic heterocycles. The molecule has 0 saturated carbocycles. The summed E-state index contributed by atoms with van der Waals surface area (Å²) in [6, 6.07) is 15.0. The Kier molecular flexibility index (Phi) is 5.38. The SMILES string of the molecule is CCN1/C(=C2/SC(=N)N(Cc3ccc(C(=O)OC)cc3)C2=O)Sc2ccccc21. The van der Waals surface area contributed by atoms with E-state index in [1.165, 1.54) is 23.8 Å². The number of methoxy groups -OCH3 is 1. The molecule has 2 aromatic carbocycles. The van der Waals surface area contributed by atoms with Gasteiger partial charge in [-0.2, -0.15) is 0 Å². The number of thioether (sulfide) groups is 2. The Balaban J connectivity index is 1.58. The van der Waals surface area contributed by atoms with Crippen molar-refractivity contribution >= 4 is 46.3 Å². The van der Waals surface area contributed by atoms with Gasteiger partial charge in [-0.05, 0) is 48.5 Å². The number of esters is 1. The van der Waals surface area contributed by atoms with Gasteiger partial charge in [0.15, 0.2) is 5.17 Å². The number of hydrogen-bond acceptors (Lipinski definition) is 7. The zero-order valence-electron chi connectivity index (χ0n) is 16.0. The monoisotopic (exact) mass is 425 g/mol. The van der Waals surface area contributed by atoms with E-state index in [0.29, 0.717) is 10.5 Å². The fourth-order valence-electron chi connectivity index (χ4n) is 3.25. The lowest BCUT2D eigenvalue weighted by atomic mass is 10.1. The predicted molar refractivity (Wildman–Crippen MR) is 116 cm³/mol. The quantitative estimate of drug-likeness (QED) is 0.582. The van der Waals surface area contributed by atoms with Crippen LogP contribution in [0.25, 0.3) is 0 Å². The number of para-hydroxylation sites is 1. The van der Waals surface area contributed by atoms with Crippen molar-refractivity contribution in [1.82, 2.24) is 4.90 Å². The molecule has 2 aliphatic heterocycles. The van der Waals surface area contributed by atoms with Gasteiger partial charge in [0.2, 0.25) is 0 Å². The summed E-state index contributed by atoms with van der Waals surface area (Å²) in [4.78, 5) is 30.0. The number of hydrogen-bond donors (Lipinski definition) is 1. The van der Waals surface area contributed by atoms with Crippen LogP contribution in [0.4, 0.5) is 5.69 Å². The number of rotatable bonds is 4. The topological polar surface area (TPSA) is 73.7 Å². The van der Waals surface area contributed by atoms with Gasteiger partial charge in [0, 0.05) is 11.4 Å². The summed E-state index contributed by atoms with van der Waals surface area (Å²) in [5, 5.41) is 9.43. The van der Waals surface area contributed by atoms with Crippen LogP contribution >= 0.6 is 23.5 Å². The van der Waals surface area contributed by atoms with Gasteiger partial charge in [-0.3, -0.25) is 15.1 Å². The molecule has 148 valence electrons. The number of amides is 1. The van der Waals surface area contributed by atoms with Gasteiger partial charge in [-0.1, -0.05) is 36.0 Å². The summed E-state index contributed by atoms with van der Waals surface area (Å²) >= 11 is 2.78. The zero-order valence-corrected chi connectivity index (χ0v) is 17.6. The number of nitrogens with zero attached hydrogens (tertiary/aromatic N) is 2. The fraction of sp³-hybridized carbons (Fsp3) is 0.190. The second-order valence-electron chi connectivity index (χ2n) is 6.44.